The minimum absolute atomic E-state index is 0.316. The first kappa shape index (κ1) is 24.8. The van der Waals surface area contributed by atoms with Crippen molar-refractivity contribution in [3.8, 4) is 5.75 Å². The summed E-state index contributed by atoms with van der Waals surface area (Å²) in [4.78, 5) is 0. The van der Waals surface area contributed by atoms with Gasteiger partial charge < -0.3 is 5.11 Å². The number of rotatable bonds is 6. The van der Waals surface area contributed by atoms with Gasteiger partial charge in [-0.1, -0.05) is 59.4 Å². The van der Waals surface area contributed by atoms with Gasteiger partial charge in [-0.3, -0.25) is 0 Å². The lowest BCUT2D eigenvalue weighted by Crippen LogP contribution is -2.70. The quantitative estimate of drug-likeness (QED) is 0.322. The van der Waals surface area contributed by atoms with Gasteiger partial charge in [0.05, 0.1) is 3.57 Å². The van der Waals surface area contributed by atoms with Crippen molar-refractivity contribution in [2.45, 2.75) is 136 Å². The lowest BCUT2D eigenvalue weighted by atomic mass is 9.25. The van der Waals surface area contributed by atoms with Crippen molar-refractivity contribution in [1.82, 2.24) is 0 Å². The summed E-state index contributed by atoms with van der Waals surface area (Å²) in [6, 6.07) is 6.75. The molecular weight excluding hydrogens is 551 g/mol. The fraction of sp³-hybridized carbons (Fsp3) is 0.824. The van der Waals surface area contributed by atoms with E-state index in [1.165, 1.54) is 64.2 Å². The molecule has 1 aromatic rings. The van der Waals surface area contributed by atoms with Crippen molar-refractivity contribution in [3.63, 3.8) is 0 Å². The zero-order valence-corrected chi connectivity index (χ0v) is 25.6. The van der Waals surface area contributed by atoms with Crippen molar-refractivity contribution in [2.24, 2.45) is 38.4 Å². The molecule has 0 aromatic heterocycles. The van der Waals surface area contributed by atoms with Gasteiger partial charge in [-0.25, -0.2) is 0 Å². The van der Waals surface area contributed by atoms with E-state index in [0.29, 0.717) is 43.7 Å². The summed E-state index contributed by atoms with van der Waals surface area (Å²) in [6.07, 6.45) is 23.7. The Morgan fingerprint density at radius 3 is 1.72 bits per heavy atom. The second-order valence-electron chi connectivity index (χ2n) is 16.0. The monoisotopic (exact) mass is 600 g/mol. The molecule has 0 aliphatic heterocycles. The van der Waals surface area contributed by atoms with Crippen LogP contribution in [-0.2, 0) is 5.41 Å². The Kier molecular flexibility index (Phi) is 5.15. The molecule has 4 unspecified atom stereocenters. The van der Waals surface area contributed by atoms with Crippen LogP contribution in [0.5, 0.6) is 5.75 Å². The van der Waals surface area contributed by atoms with Crippen LogP contribution in [-0.4, -0.2) is 5.11 Å². The van der Waals surface area contributed by atoms with Crippen LogP contribution in [0.15, 0.2) is 18.2 Å². The van der Waals surface area contributed by atoms with Crippen LogP contribution in [0.25, 0.3) is 0 Å². The van der Waals surface area contributed by atoms with E-state index in [2.05, 4.69) is 62.4 Å². The fourth-order valence-corrected chi connectivity index (χ4v) is 14.3. The number of hydrogen-bond donors (Lipinski definition) is 1. The van der Waals surface area contributed by atoms with Crippen LogP contribution in [0.1, 0.15) is 136 Å². The molecule has 1 nitrogen and oxygen atoms in total. The van der Waals surface area contributed by atoms with Crippen molar-refractivity contribution in [2.75, 3.05) is 0 Å². The highest BCUT2D eigenvalue weighted by Crippen LogP contribution is 2.85. The van der Waals surface area contributed by atoms with Crippen LogP contribution >= 0.6 is 22.6 Å². The molecule has 2 heteroatoms. The Hall–Kier alpha value is -0.250. The molecule has 0 radical (unpaired) electrons. The molecule has 1 aromatic carbocycles. The van der Waals surface area contributed by atoms with Crippen molar-refractivity contribution < 1.29 is 5.11 Å². The lowest BCUT2D eigenvalue weighted by molar-refractivity contribution is -0.281. The topological polar surface area (TPSA) is 20.2 Å². The van der Waals surface area contributed by atoms with Gasteiger partial charge in [-0.05, 0) is 161 Å². The standard InChI is InChI=1S/C34H49IO/c1-5-28-12-24-13-29(6-2,15-28)20-33(14-24,19-28)34-21-30(7-3)16-31(8-4,22-34)18-32(17-30,23-34)25-9-10-27(36)26(35)11-25/h9-11,24,36H,5-8,12-23H2,1-4H3. The molecule has 0 heterocycles. The molecule has 4 atom stereocenters. The molecule has 8 fully saturated rings. The number of phenolic OH excluding ortho intramolecular Hbond substituents is 1. The summed E-state index contributed by atoms with van der Waals surface area (Å²) in [6.45, 7) is 10.2. The molecule has 8 saturated carbocycles. The summed E-state index contributed by atoms with van der Waals surface area (Å²) >= 11 is 2.38. The maximum Gasteiger partial charge on any atom is 0.128 e. The highest BCUT2D eigenvalue weighted by atomic mass is 127. The highest BCUT2D eigenvalue weighted by Gasteiger charge is 2.75. The van der Waals surface area contributed by atoms with Gasteiger partial charge in [-0.15, -0.1) is 0 Å². The van der Waals surface area contributed by atoms with E-state index in [-0.39, 0.29) is 0 Å². The SMILES string of the molecule is CCC12CC3CC(CC)(C1)CC(C14CC5(CC)CC(CC)(CC(c6ccc(O)c(I)c6)(C5)C1)C4)(C3)C2. The summed E-state index contributed by atoms with van der Waals surface area (Å²) in [7, 11) is 0. The summed E-state index contributed by atoms with van der Waals surface area (Å²) in [5.74, 6) is 1.46. The van der Waals surface area contributed by atoms with E-state index < -0.39 is 0 Å². The molecule has 0 amide bonds. The van der Waals surface area contributed by atoms with Gasteiger partial charge in [0.1, 0.15) is 5.75 Å². The van der Waals surface area contributed by atoms with Crippen molar-refractivity contribution in [3.05, 3.63) is 27.3 Å². The van der Waals surface area contributed by atoms with Crippen LogP contribution in [0.2, 0.25) is 0 Å². The van der Waals surface area contributed by atoms with Gasteiger partial charge in [0, 0.05) is 0 Å². The molecular formula is C34H49IO. The van der Waals surface area contributed by atoms with Crippen molar-refractivity contribution >= 4 is 22.6 Å². The molecule has 0 spiro atoms. The van der Waals surface area contributed by atoms with E-state index in [9.17, 15) is 5.11 Å². The number of hydrogen-bond acceptors (Lipinski definition) is 1. The zero-order valence-electron chi connectivity index (χ0n) is 23.4. The lowest BCUT2D eigenvalue weighted by Gasteiger charge is -2.79. The summed E-state index contributed by atoms with van der Waals surface area (Å²) < 4.78 is 1.05. The second-order valence-corrected chi connectivity index (χ2v) is 17.2. The van der Waals surface area contributed by atoms with Gasteiger partial charge in [0.25, 0.3) is 0 Å². The summed E-state index contributed by atoms with van der Waals surface area (Å²) in [5.41, 5.74) is 5.32. The van der Waals surface area contributed by atoms with Gasteiger partial charge in [-0.2, -0.15) is 0 Å². The first-order chi connectivity index (χ1) is 17.1. The van der Waals surface area contributed by atoms with E-state index in [4.69, 9.17) is 0 Å². The van der Waals surface area contributed by atoms with E-state index in [0.717, 1.165) is 9.49 Å². The zero-order chi connectivity index (χ0) is 25.2. The number of benzene rings is 1. The minimum Gasteiger partial charge on any atom is -0.507 e. The highest BCUT2D eigenvalue weighted by molar-refractivity contribution is 14.1. The van der Waals surface area contributed by atoms with E-state index >= 15 is 0 Å². The number of aromatic hydroxyl groups is 1. The third-order valence-corrected chi connectivity index (χ3v) is 15.1. The van der Waals surface area contributed by atoms with E-state index in [1.807, 2.05) is 6.07 Å². The van der Waals surface area contributed by atoms with Crippen LogP contribution in [0.3, 0.4) is 0 Å². The molecule has 1 N–H and O–H groups in total. The predicted octanol–water partition coefficient (Wildman–Crippen LogP) is 10.2. The maximum atomic E-state index is 10.4. The summed E-state index contributed by atoms with van der Waals surface area (Å²) in [5, 5.41) is 10.4. The fourth-order valence-electron chi connectivity index (χ4n) is 13.7. The Morgan fingerprint density at radius 2 is 1.19 bits per heavy atom. The van der Waals surface area contributed by atoms with Crippen molar-refractivity contribution in [1.29, 1.82) is 0 Å². The Bertz CT molecular complexity index is 1050. The minimum atomic E-state index is 0.316. The van der Waals surface area contributed by atoms with Gasteiger partial charge in [0.2, 0.25) is 0 Å². The first-order valence-corrected chi connectivity index (χ1v) is 16.6. The average Bonchev–Trinajstić information content (AvgIpc) is 2.84. The molecule has 8 aliphatic carbocycles. The normalized spacial score (nSPS) is 52.3. The molecule has 8 aliphatic rings. The third-order valence-electron chi connectivity index (χ3n) is 14.3. The third kappa shape index (κ3) is 3.06. The number of halogens is 1. The van der Waals surface area contributed by atoms with Gasteiger partial charge >= 0.3 is 0 Å². The largest absolute Gasteiger partial charge is 0.507 e. The predicted molar refractivity (Wildman–Crippen MR) is 157 cm³/mol. The molecule has 198 valence electrons. The maximum absolute atomic E-state index is 10.4. The Balaban J connectivity index is 1.42. The van der Waals surface area contributed by atoms with Crippen LogP contribution in [0, 0.1) is 42.0 Å². The van der Waals surface area contributed by atoms with Crippen LogP contribution in [0.4, 0.5) is 0 Å². The van der Waals surface area contributed by atoms with Gasteiger partial charge in [0.15, 0.2) is 0 Å². The first-order valence-electron chi connectivity index (χ1n) is 15.5. The smallest absolute Gasteiger partial charge is 0.128 e. The Labute approximate surface area is 234 Å². The molecule has 0 saturated heterocycles. The second kappa shape index (κ2) is 7.48. The number of phenols is 1. The van der Waals surface area contributed by atoms with Crippen LogP contribution < -0.4 is 0 Å². The molecule has 36 heavy (non-hydrogen) atoms. The Morgan fingerprint density at radius 1 is 0.667 bits per heavy atom. The molecule has 9 rings (SSSR count). The molecule has 8 bridgehead atoms. The van der Waals surface area contributed by atoms with E-state index in [1.54, 1.807) is 44.1 Å². The average molecular weight is 601 g/mol.